The summed E-state index contributed by atoms with van der Waals surface area (Å²) in [5, 5.41) is 0. The smallest absolute Gasteiger partial charge is 0.192 e. The fraction of sp³-hybridized carbons (Fsp3) is 0. The summed E-state index contributed by atoms with van der Waals surface area (Å²) >= 11 is 0. The Kier molecular flexibility index (Phi) is 1.74. The highest BCUT2D eigenvalue weighted by molar-refractivity contribution is 7.85. The molecule has 10 heavy (non-hydrogen) atoms. The molecule has 0 heterocycles. The van der Waals surface area contributed by atoms with Gasteiger partial charge in [0, 0.05) is 6.07 Å². The Hall–Kier alpha value is -0.870. The van der Waals surface area contributed by atoms with Crippen LogP contribution >= 0.6 is 0 Å². The van der Waals surface area contributed by atoms with Crippen LogP contribution in [-0.2, 0) is 14.7 Å². The van der Waals surface area contributed by atoms with E-state index in [2.05, 4.69) is 6.07 Å². The normalized spacial score (nSPS) is 11.3. The average Bonchev–Trinajstić information content (AvgIpc) is 1.88. The minimum Gasteiger partial charge on any atom is -0.192 e. The van der Waals surface area contributed by atoms with Crippen molar-refractivity contribution in [3.63, 3.8) is 0 Å². The van der Waals surface area contributed by atoms with E-state index < -0.39 is 10.1 Å². The van der Waals surface area contributed by atoms with Crippen LogP contribution in [0.4, 0.5) is 0 Å². The molecule has 4 heteroatoms. The Morgan fingerprint density at radius 3 is 2.30 bits per heavy atom. The lowest BCUT2D eigenvalue weighted by Crippen LogP contribution is -1.94. The van der Waals surface area contributed by atoms with E-state index >= 15 is 0 Å². The van der Waals surface area contributed by atoms with Gasteiger partial charge in [0.25, 0.3) is 0 Å². The molecule has 3 nitrogen and oxygen atoms in total. The van der Waals surface area contributed by atoms with Crippen LogP contribution in [0.3, 0.4) is 0 Å². The third-order valence-electron chi connectivity index (χ3n) is 0.950. The standard InChI is InChI=1S/C6H4O3S/c7-10(8,9)6-4-2-1-3-5-6/h1-4H. The van der Waals surface area contributed by atoms with E-state index in [0.29, 0.717) is 0 Å². The van der Waals surface area contributed by atoms with E-state index in [4.69, 9.17) is 0 Å². The third kappa shape index (κ3) is 1.55. The first kappa shape index (κ1) is 7.24. The summed E-state index contributed by atoms with van der Waals surface area (Å²) in [6, 6.07) is 7.96. The van der Waals surface area contributed by atoms with Crippen LogP contribution in [0.1, 0.15) is 0 Å². The van der Waals surface area contributed by atoms with Crippen molar-refractivity contribution in [3.05, 3.63) is 30.3 Å². The minimum absolute atomic E-state index is 0.310. The van der Waals surface area contributed by atoms with E-state index in [0.717, 1.165) is 0 Å². The second kappa shape index (κ2) is 2.40. The fourth-order valence-corrected chi connectivity index (χ4v) is 0.990. The summed E-state index contributed by atoms with van der Waals surface area (Å²) in [5.74, 6) is 0. The molecule has 0 aliphatic heterocycles. The Morgan fingerprint density at radius 2 is 2.00 bits per heavy atom. The molecule has 52 valence electrons. The molecule has 2 radical (unpaired) electrons. The first-order chi connectivity index (χ1) is 4.61. The van der Waals surface area contributed by atoms with Crippen LogP contribution in [0.15, 0.2) is 29.2 Å². The molecule has 1 aromatic rings. The van der Waals surface area contributed by atoms with Crippen molar-refractivity contribution in [3.8, 4) is 0 Å². The molecule has 0 aliphatic rings. The Morgan fingerprint density at radius 1 is 1.30 bits per heavy atom. The van der Waals surface area contributed by atoms with Crippen LogP contribution in [-0.4, -0.2) is 8.42 Å². The summed E-state index contributed by atoms with van der Waals surface area (Å²) in [5.41, 5.74) is 0. The van der Waals surface area contributed by atoms with E-state index in [1.807, 2.05) is 0 Å². The van der Waals surface area contributed by atoms with Gasteiger partial charge in [0.1, 0.15) is 4.90 Å². The van der Waals surface area contributed by atoms with Gasteiger partial charge in [-0.3, -0.25) is 0 Å². The van der Waals surface area contributed by atoms with Gasteiger partial charge in [-0.1, -0.05) is 22.8 Å². The van der Waals surface area contributed by atoms with Gasteiger partial charge in [0.2, 0.25) is 0 Å². The number of benzene rings is 1. The number of hydrogen-bond acceptors (Lipinski definition) is 2. The third-order valence-corrected chi connectivity index (χ3v) is 1.74. The first-order valence-corrected chi connectivity index (χ1v) is 3.94. The Bertz CT molecular complexity index is 301. The van der Waals surface area contributed by atoms with E-state index in [9.17, 15) is 13.0 Å². The summed E-state index contributed by atoms with van der Waals surface area (Å²) in [4.78, 5) is -0.310. The van der Waals surface area contributed by atoms with Crippen molar-refractivity contribution >= 4 is 10.1 Å². The largest absolute Gasteiger partial charge is 0.324 e. The molecule has 0 aliphatic carbocycles. The highest BCUT2D eigenvalue weighted by Crippen LogP contribution is 2.04. The highest BCUT2D eigenvalue weighted by atomic mass is 32.2. The highest BCUT2D eigenvalue weighted by Gasteiger charge is 2.08. The summed E-state index contributed by atoms with van der Waals surface area (Å²) in [7, 11) is -4.31. The van der Waals surface area contributed by atoms with Gasteiger partial charge in [-0.25, -0.2) is 0 Å². The molecule has 0 unspecified atom stereocenters. The molecule has 0 N–H and O–H groups in total. The maximum atomic E-state index is 10.2. The summed E-state index contributed by atoms with van der Waals surface area (Å²) in [6.07, 6.45) is 0. The zero-order valence-corrected chi connectivity index (χ0v) is 5.76. The maximum Gasteiger partial charge on any atom is 0.324 e. The topological polar surface area (TPSA) is 54.0 Å². The molecule has 0 saturated heterocycles. The van der Waals surface area contributed by atoms with Gasteiger partial charge < -0.3 is 0 Å². The molecule has 1 aromatic carbocycles. The quantitative estimate of drug-likeness (QED) is 0.598. The average molecular weight is 156 g/mol. The summed E-state index contributed by atoms with van der Waals surface area (Å²) in [6.45, 7) is 0. The summed E-state index contributed by atoms with van der Waals surface area (Å²) < 4.78 is 30.7. The molecule has 0 aromatic heterocycles. The van der Waals surface area contributed by atoms with Crippen molar-refractivity contribution in [2.45, 2.75) is 4.90 Å². The van der Waals surface area contributed by atoms with Crippen LogP contribution < -0.4 is 0 Å². The molecule has 0 amide bonds. The van der Waals surface area contributed by atoms with E-state index in [1.54, 1.807) is 6.07 Å². The lowest BCUT2D eigenvalue weighted by atomic mass is 10.4. The molecular weight excluding hydrogens is 152 g/mol. The van der Waals surface area contributed by atoms with E-state index in [-0.39, 0.29) is 4.90 Å². The monoisotopic (exact) mass is 156 g/mol. The Balaban J connectivity index is 3.22. The second-order valence-corrected chi connectivity index (χ2v) is 3.03. The van der Waals surface area contributed by atoms with Crippen LogP contribution in [0.25, 0.3) is 0 Å². The van der Waals surface area contributed by atoms with Crippen molar-refractivity contribution in [2.24, 2.45) is 0 Å². The predicted octanol–water partition coefficient (Wildman–Crippen LogP) is 0.606. The van der Waals surface area contributed by atoms with Gasteiger partial charge in [-0.2, -0.15) is 8.42 Å². The van der Waals surface area contributed by atoms with Crippen molar-refractivity contribution in [1.82, 2.24) is 0 Å². The maximum absolute atomic E-state index is 10.2. The molecule has 1 rings (SSSR count). The molecule has 0 saturated carbocycles. The molecule has 0 atom stereocenters. The molecule has 0 bridgehead atoms. The van der Waals surface area contributed by atoms with Gasteiger partial charge >= 0.3 is 10.1 Å². The molecule has 0 spiro atoms. The number of hydrogen-bond donors (Lipinski definition) is 0. The van der Waals surface area contributed by atoms with Gasteiger partial charge in [0.05, 0.1) is 0 Å². The fourth-order valence-electron chi connectivity index (χ4n) is 0.532. The Labute approximate surface area is 59.1 Å². The second-order valence-electron chi connectivity index (χ2n) is 1.68. The van der Waals surface area contributed by atoms with Crippen molar-refractivity contribution in [1.29, 1.82) is 0 Å². The first-order valence-electron chi connectivity index (χ1n) is 2.53. The van der Waals surface area contributed by atoms with Crippen molar-refractivity contribution in [2.75, 3.05) is 0 Å². The molecular formula is C6H4O3S. The minimum atomic E-state index is -4.31. The molecule has 0 fully saturated rings. The zero-order chi connectivity index (χ0) is 7.61. The predicted molar refractivity (Wildman–Crippen MR) is 33.2 cm³/mol. The zero-order valence-electron chi connectivity index (χ0n) is 4.94. The van der Waals surface area contributed by atoms with Crippen LogP contribution in [0.2, 0.25) is 0 Å². The van der Waals surface area contributed by atoms with Gasteiger partial charge in [-0.05, 0) is 6.07 Å². The number of rotatable bonds is 1. The van der Waals surface area contributed by atoms with Gasteiger partial charge in [0.15, 0.2) is 0 Å². The SMILES string of the molecule is [O]S(=O)(=O)c1[c]cccc1. The van der Waals surface area contributed by atoms with Crippen molar-refractivity contribution < 1.29 is 13.0 Å². The van der Waals surface area contributed by atoms with Gasteiger partial charge in [-0.15, -0.1) is 0 Å². The lowest BCUT2D eigenvalue weighted by Gasteiger charge is -1.89. The van der Waals surface area contributed by atoms with E-state index in [1.165, 1.54) is 18.2 Å². The van der Waals surface area contributed by atoms with Crippen LogP contribution in [0.5, 0.6) is 0 Å². The van der Waals surface area contributed by atoms with Crippen LogP contribution in [0, 0.1) is 6.07 Å². The lowest BCUT2D eigenvalue weighted by molar-refractivity contribution is 0.414.